The lowest BCUT2D eigenvalue weighted by molar-refractivity contribution is -0.155. The molecule has 6 atom stereocenters. The molecule has 6 aliphatic heterocycles. The highest BCUT2D eigenvalue weighted by Gasteiger charge is 2.43. The molecule has 6 aliphatic rings. The number of aromatic amines is 2. The molecule has 6 amide bonds. The van der Waals surface area contributed by atoms with Crippen LogP contribution in [0.3, 0.4) is 0 Å². The van der Waals surface area contributed by atoms with Crippen molar-refractivity contribution in [3.05, 3.63) is 258 Å². The van der Waals surface area contributed by atoms with E-state index in [9.17, 15) is 33.6 Å². The van der Waals surface area contributed by atoms with E-state index in [1.165, 1.54) is 11.1 Å². The van der Waals surface area contributed by atoms with Crippen LogP contribution in [0.25, 0.3) is 0 Å². The number of rotatable bonds is 22. The molecule has 676 valence electrons. The zero-order chi connectivity index (χ0) is 91.6. The number of aryl methyl sites for hydroxylation is 6. The molecule has 0 spiro atoms. The summed E-state index contributed by atoms with van der Waals surface area (Å²) in [6.07, 6.45) is 13.7. The first-order chi connectivity index (χ1) is 62.4. The Morgan fingerprint density at radius 1 is 0.388 bits per heavy atom. The van der Waals surface area contributed by atoms with Gasteiger partial charge in [-0.05, 0) is 129 Å². The highest BCUT2D eigenvalue weighted by molar-refractivity contribution is 7.10. The minimum absolute atomic E-state index is 0.00166. The third-order valence-electron chi connectivity index (χ3n) is 22.7. The summed E-state index contributed by atoms with van der Waals surface area (Å²) >= 11 is 3.23. The average molecular weight is 1790 g/mol. The molecule has 33 heteroatoms. The molecule has 0 saturated heterocycles. The molecule has 0 fully saturated rings. The van der Waals surface area contributed by atoms with Crippen molar-refractivity contribution in [2.24, 2.45) is 17.2 Å². The van der Waals surface area contributed by atoms with E-state index in [2.05, 4.69) is 126 Å². The molecule has 0 aliphatic carbocycles. The molecule has 31 nitrogen and oxygen atoms in total. The second-order valence-electron chi connectivity index (χ2n) is 33.1. The van der Waals surface area contributed by atoms with Crippen LogP contribution in [-0.4, -0.2) is 127 Å². The largest absolute Gasteiger partial charge is 0.460 e. The van der Waals surface area contributed by atoms with Crippen molar-refractivity contribution in [2.45, 2.75) is 234 Å². The molecule has 8 N–H and O–H groups in total. The van der Waals surface area contributed by atoms with Gasteiger partial charge in [0.1, 0.15) is 51.4 Å². The van der Waals surface area contributed by atoms with Gasteiger partial charge < -0.3 is 50.6 Å². The van der Waals surface area contributed by atoms with Crippen LogP contribution in [0.1, 0.15) is 252 Å². The lowest BCUT2D eigenvalue weighted by Crippen LogP contribution is -2.37. The summed E-state index contributed by atoms with van der Waals surface area (Å²) in [6, 6.07) is 46.9. The summed E-state index contributed by atoms with van der Waals surface area (Å²) in [6.45, 7) is 21.1. The Hall–Kier alpha value is -12.7. The third kappa shape index (κ3) is 22.0. The van der Waals surface area contributed by atoms with Crippen LogP contribution in [0.15, 0.2) is 165 Å². The van der Waals surface area contributed by atoms with E-state index in [4.69, 9.17) is 36.0 Å². The number of anilines is 6. The van der Waals surface area contributed by atoms with E-state index in [-0.39, 0.29) is 110 Å². The maximum Gasteiger partial charge on any atom is 0.306 e. The SMILES string of the molecule is CCCc1nc(C2Cc3ccccc3N2C(=O)CN)n[nH]1.CCCc1nc(C2Cc3ccccc3N2C(=O)CN)no1.CCCc1nc(C2Cc3ccccc3N2C(C)=O)n[nH]1.CCCc1nc(C2Cc3ccccc3N2C(C)=O)no1.CCc1csc(C2Cc3ccccc3N2C(=O)CCC(=O)OC(C)(C)C)n1.CCc1csc(C2Cc3ccccc3N2C(=O)CN)n1. The van der Waals surface area contributed by atoms with Gasteiger partial charge in [-0.2, -0.15) is 20.2 Å². The van der Waals surface area contributed by atoms with Crippen molar-refractivity contribution in [1.82, 2.24) is 60.6 Å². The first kappa shape index (κ1) is 93.9. The number of para-hydroxylation sites is 6. The number of esters is 1. The van der Waals surface area contributed by atoms with Crippen molar-refractivity contribution >= 4 is 98.2 Å². The molecule has 12 heterocycles. The van der Waals surface area contributed by atoms with Crippen LogP contribution in [0.5, 0.6) is 0 Å². The maximum absolute atomic E-state index is 13.0. The highest BCUT2D eigenvalue weighted by Crippen LogP contribution is 2.47. The number of benzene rings is 6. The molecule has 6 aromatic carbocycles. The number of H-pyrrole nitrogens is 2. The van der Waals surface area contributed by atoms with Crippen LogP contribution in [-0.2, 0) is 115 Å². The fourth-order valence-electron chi connectivity index (χ4n) is 16.9. The molecular formula is C96H115N21O10S2. The molecule has 0 bridgehead atoms. The maximum atomic E-state index is 13.0. The highest BCUT2D eigenvalue weighted by atomic mass is 32.1. The van der Waals surface area contributed by atoms with Crippen molar-refractivity contribution in [3.63, 3.8) is 0 Å². The van der Waals surface area contributed by atoms with Crippen molar-refractivity contribution in [1.29, 1.82) is 0 Å². The second kappa shape index (κ2) is 43.4. The summed E-state index contributed by atoms with van der Waals surface area (Å²) in [4.78, 5) is 124. The zero-order valence-electron chi connectivity index (χ0n) is 75.1. The minimum atomic E-state index is -0.541. The second-order valence-corrected chi connectivity index (χ2v) is 34.8. The number of hydrogen-bond acceptors (Lipinski definition) is 25. The molecule has 0 radical (unpaired) electrons. The van der Waals surface area contributed by atoms with Gasteiger partial charge in [-0.25, -0.2) is 19.9 Å². The fourth-order valence-corrected chi connectivity index (χ4v) is 18.9. The van der Waals surface area contributed by atoms with Crippen LogP contribution in [0.4, 0.5) is 34.1 Å². The lowest BCUT2D eigenvalue weighted by Gasteiger charge is -2.25. The number of carbonyl (C=O) groups excluding carboxylic acids is 7. The smallest absolute Gasteiger partial charge is 0.306 e. The van der Waals surface area contributed by atoms with Crippen LogP contribution < -0.4 is 46.6 Å². The Morgan fingerprint density at radius 2 is 0.682 bits per heavy atom. The average Bonchev–Trinajstić information content (AvgIpc) is 1.65. The molecule has 12 aromatic rings. The van der Waals surface area contributed by atoms with Crippen LogP contribution in [0, 0.1) is 0 Å². The Morgan fingerprint density at radius 3 is 0.992 bits per heavy atom. The van der Waals surface area contributed by atoms with Crippen LogP contribution in [0.2, 0.25) is 0 Å². The standard InChI is InChI=1S/C21H26N2O3S.C15H19N5O.C15H18N4O2.C15H18N4O.C15H17N3O2.C15H17N3OS/c1-5-15-13-27-20(22-15)17-12-14-8-6-7-9-16(14)23(17)18(24)10-11-19(25)26-21(2,3)4;1-2-5-13-17-15(19-18-13)12-8-10-6-3-4-7-11(10)20(12)14(21)9-16;1-2-5-13-17-15(18-21-13)12-8-10-6-3-4-7-11(10)19(12)14(20)9-16;1-3-6-14-16-15(18-17-14)13-9-11-7-4-5-8-12(11)19(13)10(2)20;1-3-6-14-16-15(17-20-14)13-9-11-7-4-5-8-12(11)18(13)10(2)19;1-2-11-9-20-15(17-11)13-7-10-5-3-4-6-12(10)18(13)14(19)8-16/h6-9,13,17H,5,10-12H2,1-4H3;3-4,6-7,12H,2,5,8-9,16H2,1H3,(H,17,18,19);3-4,6-7,12H,2,5,8-9,16H2,1H3;4-5,7-8,13H,3,6,9H2,1-2H3,(H,16,17,18);4-5,7-8,13H,3,6,9H2,1-2H3;3-6,9,13H,2,7-8,16H2,1H3. The van der Waals surface area contributed by atoms with Gasteiger partial charge in [0.15, 0.2) is 23.3 Å². The van der Waals surface area contributed by atoms with Gasteiger partial charge in [-0.1, -0.05) is 161 Å². The Balaban J connectivity index is 0.000000133. The Bertz CT molecular complexity index is 5640. The van der Waals surface area contributed by atoms with Crippen molar-refractivity contribution in [3.8, 4) is 0 Å². The van der Waals surface area contributed by atoms with Gasteiger partial charge in [0.25, 0.3) is 0 Å². The first-order valence-corrected chi connectivity index (χ1v) is 46.2. The van der Waals surface area contributed by atoms with E-state index < -0.39 is 5.60 Å². The topological polar surface area (TPSA) is 413 Å². The van der Waals surface area contributed by atoms with Gasteiger partial charge in [-0.3, -0.25) is 53.6 Å². The van der Waals surface area contributed by atoms with E-state index in [0.29, 0.717) is 41.5 Å². The van der Waals surface area contributed by atoms with E-state index >= 15 is 0 Å². The number of hydrogen-bond donors (Lipinski definition) is 5. The van der Waals surface area contributed by atoms with Crippen molar-refractivity contribution < 1.29 is 47.3 Å². The minimum Gasteiger partial charge on any atom is -0.460 e. The van der Waals surface area contributed by atoms with Gasteiger partial charge in [0, 0.05) is 129 Å². The summed E-state index contributed by atoms with van der Waals surface area (Å²) < 4.78 is 15.8. The Kier molecular flexibility index (Phi) is 31.6. The van der Waals surface area contributed by atoms with Crippen molar-refractivity contribution in [2.75, 3.05) is 49.0 Å². The number of ether oxygens (including phenoxy) is 1. The van der Waals surface area contributed by atoms with Gasteiger partial charge in [-0.15, -0.1) is 22.7 Å². The Labute approximate surface area is 759 Å². The summed E-state index contributed by atoms with van der Waals surface area (Å²) in [5.74, 6) is 4.87. The summed E-state index contributed by atoms with van der Waals surface area (Å²) in [5, 5.41) is 28.7. The van der Waals surface area contributed by atoms with E-state index in [1.54, 1.807) is 56.1 Å². The van der Waals surface area contributed by atoms with Gasteiger partial charge >= 0.3 is 5.97 Å². The number of carbonyl (C=O) groups is 7. The number of nitrogens with zero attached hydrogens (tertiary/aromatic N) is 16. The monoisotopic (exact) mass is 1790 g/mol. The van der Waals surface area contributed by atoms with Gasteiger partial charge in [0.2, 0.25) is 47.2 Å². The van der Waals surface area contributed by atoms with Gasteiger partial charge in [0.05, 0.1) is 49.5 Å². The molecule has 0 saturated carbocycles. The molecule has 129 heavy (non-hydrogen) atoms. The molecular weight excluding hydrogens is 1670 g/mol. The molecule has 6 unspecified atom stereocenters. The first-order valence-electron chi connectivity index (χ1n) is 44.4. The summed E-state index contributed by atoms with van der Waals surface area (Å²) in [5.41, 5.74) is 30.8. The third-order valence-corrected chi connectivity index (χ3v) is 24.7. The molecule has 6 aromatic heterocycles. The lowest BCUT2D eigenvalue weighted by atomic mass is 10.1. The predicted molar refractivity (Wildman–Crippen MR) is 496 cm³/mol. The van der Waals surface area contributed by atoms with Crippen LogP contribution >= 0.6 is 22.7 Å². The number of amides is 6. The predicted octanol–water partition coefficient (Wildman–Crippen LogP) is 14.8. The zero-order valence-corrected chi connectivity index (χ0v) is 76.7. The number of fused-ring (bicyclic) bond motifs is 6. The quantitative estimate of drug-likeness (QED) is 0.0393. The molecule has 18 rings (SSSR count). The summed E-state index contributed by atoms with van der Waals surface area (Å²) in [7, 11) is 0. The van der Waals surface area contributed by atoms with E-state index in [0.717, 1.165) is 186 Å². The van der Waals surface area contributed by atoms with E-state index in [1.807, 2.05) is 158 Å². The number of nitrogens with two attached hydrogens (primary N) is 3. The number of nitrogens with one attached hydrogen (secondary N) is 2. The number of thiazole rings is 2. The normalized spacial score (nSPS) is 17.0. The fraction of sp³-hybridized carbons (Fsp3) is 0.406. The number of aromatic nitrogens is 12.